The minimum atomic E-state index is -4.36. The van der Waals surface area contributed by atoms with E-state index in [1.165, 1.54) is 24.1 Å². The quantitative estimate of drug-likeness (QED) is 0.291. The standard InChI is InChI=1S/C27H20F3NO2S/c1-33-25-5-3-2-4-24(25)20-6-8-21(9-7-20)26(32)31-34-23-16-12-19(13-17-23)18-10-14-22(15-11-18)27(28,29)30/h2-17H,1H3,(H,31,32). The van der Waals surface area contributed by atoms with Crippen LogP contribution in [0, 0.1) is 0 Å². The van der Waals surface area contributed by atoms with Gasteiger partial charge in [0.25, 0.3) is 5.91 Å². The number of amides is 1. The third-order valence-corrected chi connectivity index (χ3v) is 6.02. The molecule has 0 radical (unpaired) electrons. The molecule has 0 unspecified atom stereocenters. The zero-order valence-corrected chi connectivity index (χ0v) is 18.9. The average Bonchev–Trinajstić information content (AvgIpc) is 2.87. The topological polar surface area (TPSA) is 38.3 Å². The van der Waals surface area contributed by atoms with Crippen LogP contribution in [0.15, 0.2) is 102 Å². The second-order valence-corrected chi connectivity index (χ2v) is 8.29. The maximum absolute atomic E-state index is 12.7. The van der Waals surface area contributed by atoms with Crippen LogP contribution in [0.3, 0.4) is 0 Å². The number of rotatable bonds is 6. The summed E-state index contributed by atoms with van der Waals surface area (Å²) in [5, 5.41) is 0. The van der Waals surface area contributed by atoms with Crippen LogP contribution in [0.25, 0.3) is 22.3 Å². The summed E-state index contributed by atoms with van der Waals surface area (Å²) in [5.74, 6) is 0.526. The molecule has 7 heteroatoms. The van der Waals surface area contributed by atoms with Crippen molar-refractivity contribution in [3.63, 3.8) is 0 Å². The Labute approximate surface area is 199 Å². The van der Waals surface area contributed by atoms with Crippen molar-refractivity contribution in [3.05, 3.63) is 108 Å². The maximum Gasteiger partial charge on any atom is 0.416 e. The highest BCUT2D eigenvalue weighted by molar-refractivity contribution is 7.98. The molecule has 0 heterocycles. The normalized spacial score (nSPS) is 11.2. The van der Waals surface area contributed by atoms with Crippen molar-refractivity contribution in [2.75, 3.05) is 7.11 Å². The van der Waals surface area contributed by atoms with E-state index >= 15 is 0 Å². The zero-order chi connectivity index (χ0) is 24.1. The van der Waals surface area contributed by atoms with Crippen molar-refractivity contribution >= 4 is 17.9 Å². The molecular formula is C27H20F3NO2S. The van der Waals surface area contributed by atoms with E-state index in [1.807, 2.05) is 48.5 Å². The number of ether oxygens (including phenoxy) is 1. The monoisotopic (exact) mass is 479 g/mol. The first-order valence-corrected chi connectivity index (χ1v) is 11.1. The highest BCUT2D eigenvalue weighted by atomic mass is 32.2. The van der Waals surface area contributed by atoms with E-state index in [0.717, 1.165) is 39.5 Å². The smallest absolute Gasteiger partial charge is 0.416 e. The number of halogens is 3. The summed E-state index contributed by atoms with van der Waals surface area (Å²) in [6.45, 7) is 0. The summed E-state index contributed by atoms with van der Waals surface area (Å²) in [6.07, 6.45) is -4.36. The minimum Gasteiger partial charge on any atom is -0.496 e. The molecular weight excluding hydrogens is 459 g/mol. The number of para-hydroxylation sites is 1. The Kier molecular flexibility index (Phi) is 6.93. The number of benzene rings is 4. The van der Waals surface area contributed by atoms with Gasteiger partial charge in [0.1, 0.15) is 5.75 Å². The molecule has 34 heavy (non-hydrogen) atoms. The van der Waals surface area contributed by atoms with Crippen molar-refractivity contribution in [3.8, 4) is 28.0 Å². The number of carbonyl (C=O) groups is 1. The molecule has 1 N–H and O–H groups in total. The van der Waals surface area contributed by atoms with E-state index in [4.69, 9.17) is 4.74 Å². The molecule has 0 aliphatic heterocycles. The SMILES string of the molecule is COc1ccccc1-c1ccc(C(=O)NSc2ccc(-c3ccc(C(F)(F)F)cc3)cc2)cc1. The Morgan fingerprint density at radius 2 is 1.32 bits per heavy atom. The first-order chi connectivity index (χ1) is 16.3. The molecule has 0 aromatic heterocycles. The van der Waals surface area contributed by atoms with Gasteiger partial charge in [-0.05, 0) is 71.1 Å². The highest BCUT2D eigenvalue weighted by Crippen LogP contribution is 2.32. The summed E-state index contributed by atoms with van der Waals surface area (Å²) in [5.41, 5.74) is 3.20. The molecule has 0 saturated heterocycles. The van der Waals surface area contributed by atoms with Crippen LogP contribution in [0.4, 0.5) is 13.2 Å². The number of nitrogens with one attached hydrogen (secondary N) is 1. The molecule has 0 aliphatic rings. The predicted molar refractivity (Wildman–Crippen MR) is 129 cm³/mol. The number of hydrogen-bond donors (Lipinski definition) is 1. The van der Waals surface area contributed by atoms with Crippen LogP contribution in [-0.2, 0) is 6.18 Å². The lowest BCUT2D eigenvalue weighted by atomic mass is 10.0. The van der Waals surface area contributed by atoms with Gasteiger partial charge in [-0.3, -0.25) is 9.52 Å². The predicted octanol–water partition coefficient (Wildman–Crippen LogP) is 7.49. The van der Waals surface area contributed by atoms with Crippen LogP contribution in [0.1, 0.15) is 15.9 Å². The molecule has 4 aromatic rings. The van der Waals surface area contributed by atoms with Gasteiger partial charge in [0, 0.05) is 16.0 Å². The number of carbonyl (C=O) groups excluding carboxylic acids is 1. The van der Waals surface area contributed by atoms with Crippen molar-refractivity contribution in [2.24, 2.45) is 0 Å². The van der Waals surface area contributed by atoms with Gasteiger partial charge in [-0.15, -0.1) is 0 Å². The minimum absolute atomic E-state index is 0.233. The first kappa shape index (κ1) is 23.4. The van der Waals surface area contributed by atoms with E-state index < -0.39 is 11.7 Å². The van der Waals surface area contributed by atoms with Gasteiger partial charge in [0.2, 0.25) is 0 Å². The summed E-state index contributed by atoms with van der Waals surface area (Å²) in [6, 6.07) is 27.2. The second-order valence-electron chi connectivity index (χ2n) is 7.41. The van der Waals surface area contributed by atoms with Crippen molar-refractivity contribution in [1.82, 2.24) is 4.72 Å². The second kappa shape index (κ2) is 10.1. The van der Waals surface area contributed by atoms with Gasteiger partial charge < -0.3 is 4.74 Å². The third kappa shape index (κ3) is 5.43. The molecule has 3 nitrogen and oxygen atoms in total. The zero-order valence-electron chi connectivity index (χ0n) is 18.1. The third-order valence-electron chi connectivity index (χ3n) is 5.23. The molecule has 0 saturated carbocycles. The van der Waals surface area contributed by atoms with Crippen LogP contribution in [-0.4, -0.2) is 13.0 Å². The van der Waals surface area contributed by atoms with Gasteiger partial charge in [-0.2, -0.15) is 13.2 Å². The number of hydrogen-bond acceptors (Lipinski definition) is 3. The summed E-state index contributed by atoms with van der Waals surface area (Å²) in [4.78, 5) is 13.3. The van der Waals surface area contributed by atoms with Crippen LogP contribution < -0.4 is 9.46 Å². The lowest BCUT2D eigenvalue weighted by molar-refractivity contribution is -0.137. The van der Waals surface area contributed by atoms with Crippen molar-refractivity contribution < 1.29 is 22.7 Å². The Balaban J connectivity index is 1.37. The largest absolute Gasteiger partial charge is 0.496 e. The van der Waals surface area contributed by atoms with E-state index in [2.05, 4.69) is 4.72 Å². The lowest BCUT2D eigenvalue weighted by Gasteiger charge is -2.10. The fraction of sp³-hybridized carbons (Fsp3) is 0.0741. The summed E-state index contributed by atoms with van der Waals surface area (Å²) >= 11 is 1.17. The van der Waals surface area contributed by atoms with Crippen molar-refractivity contribution in [2.45, 2.75) is 11.1 Å². The molecule has 0 atom stereocenters. The average molecular weight is 480 g/mol. The molecule has 172 valence electrons. The molecule has 1 amide bonds. The highest BCUT2D eigenvalue weighted by Gasteiger charge is 2.29. The Morgan fingerprint density at radius 3 is 1.91 bits per heavy atom. The van der Waals surface area contributed by atoms with Gasteiger partial charge in [-0.1, -0.05) is 54.6 Å². The fourth-order valence-corrected chi connectivity index (χ4v) is 4.02. The molecule has 4 aromatic carbocycles. The van der Waals surface area contributed by atoms with Crippen molar-refractivity contribution in [1.29, 1.82) is 0 Å². The number of alkyl halides is 3. The number of methoxy groups -OCH3 is 1. The van der Waals surface area contributed by atoms with Gasteiger partial charge in [0.15, 0.2) is 0 Å². The van der Waals surface area contributed by atoms with E-state index in [1.54, 1.807) is 31.4 Å². The van der Waals surface area contributed by atoms with Gasteiger partial charge in [-0.25, -0.2) is 0 Å². The van der Waals surface area contributed by atoms with Gasteiger partial charge >= 0.3 is 6.18 Å². The summed E-state index contributed by atoms with van der Waals surface area (Å²) < 4.78 is 46.4. The molecule has 4 rings (SSSR count). The molecule has 0 fully saturated rings. The van der Waals surface area contributed by atoms with Gasteiger partial charge in [0.05, 0.1) is 12.7 Å². The lowest BCUT2D eigenvalue weighted by Crippen LogP contribution is -2.15. The Morgan fingerprint density at radius 1 is 0.765 bits per heavy atom. The molecule has 0 bridgehead atoms. The first-order valence-electron chi connectivity index (χ1n) is 10.3. The van der Waals surface area contributed by atoms with Crippen LogP contribution >= 0.6 is 11.9 Å². The maximum atomic E-state index is 12.7. The molecule has 0 spiro atoms. The van der Waals surface area contributed by atoms with E-state index in [9.17, 15) is 18.0 Å². The van der Waals surface area contributed by atoms with Crippen LogP contribution in [0.5, 0.6) is 5.75 Å². The molecule has 0 aliphatic carbocycles. The van der Waals surface area contributed by atoms with Crippen LogP contribution in [0.2, 0.25) is 0 Å². The van der Waals surface area contributed by atoms with E-state index in [0.29, 0.717) is 11.1 Å². The fourth-order valence-electron chi connectivity index (χ4n) is 3.42. The summed E-state index contributed by atoms with van der Waals surface area (Å²) in [7, 11) is 1.62. The Hall–Kier alpha value is -3.71. The Bertz CT molecular complexity index is 1270. The van der Waals surface area contributed by atoms with E-state index in [-0.39, 0.29) is 5.91 Å².